The summed E-state index contributed by atoms with van der Waals surface area (Å²) in [6.45, 7) is 6.42. The summed E-state index contributed by atoms with van der Waals surface area (Å²) >= 11 is 0. The highest BCUT2D eigenvalue weighted by atomic mass is 16.8. The molecule has 0 amide bonds. The largest absolute Gasteiger partial charge is 0.459 e. The number of ether oxygens (including phenoxy) is 6. The Morgan fingerprint density at radius 3 is 2.41 bits per heavy atom. The molecule has 2 spiro atoms. The normalized spacial score (nSPS) is 66.1. The van der Waals surface area contributed by atoms with E-state index in [0.717, 1.165) is 0 Å². The molecule has 16 unspecified atom stereocenters. The first-order valence-electron chi connectivity index (χ1n) is 14.9. The van der Waals surface area contributed by atoms with Crippen LogP contribution in [-0.4, -0.2) is 98.0 Å². The van der Waals surface area contributed by atoms with Crippen LogP contribution in [0.25, 0.3) is 0 Å². The summed E-state index contributed by atoms with van der Waals surface area (Å²) in [7, 11) is 0. The summed E-state index contributed by atoms with van der Waals surface area (Å²) in [6, 6.07) is 0. The second-order valence-electron chi connectivity index (χ2n) is 14.9. The van der Waals surface area contributed by atoms with Crippen LogP contribution in [0.4, 0.5) is 0 Å². The predicted octanol–water partition coefficient (Wildman–Crippen LogP) is -0.273. The first-order valence-corrected chi connectivity index (χ1v) is 14.9. The van der Waals surface area contributed by atoms with Gasteiger partial charge < -0.3 is 43.7 Å². The average Bonchev–Trinajstić information content (AvgIpc) is 3.44. The lowest BCUT2D eigenvalue weighted by Crippen LogP contribution is -2.77. The maximum atomic E-state index is 14.2. The summed E-state index contributed by atoms with van der Waals surface area (Å²) in [4.78, 5) is 39.8. The van der Waals surface area contributed by atoms with E-state index in [-0.39, 0.29) is 31.8 Å². The maximum Gasteiger partial charge on any atom is 0.311 e. The number of hydrogen-bond acceptors (Lipinski definition) is 12. The smallest absolute Gasteiger partial charge is 0.311 e. The molecule has 9 rings (SSSR count). The summed E-state index contributed by atoms with van der Waals surface area (Å²) < 4.78 is 38.7. The van der Waals surface area contributed by atoms with Crippen LogP contribution in [0.5, 0.6) is 0 Å². The average molecular weight is 577 g/mol. The van der Waals surface area contributed by atoms with Crippen LogP contribution in [-0.2, 0) is 42.8 Å². The van der Waals surface area contributed by atoms with Gasteiger partial charge in [0.15, 0.2) is 5.78 Å². The SMILES string of the molecule is CC1C(=O)OC2C1OC13OC45CC(OC1(O)C4CCC1C(C)(CO)OC4CC(=O)OC41C5)C1(C)C(=O)C(C)(O)C2C13. The highest BCUT2D eigenvalue weighted by Gasteiger charge is 2.93. The lowest BCUT2D eigenvalue weighted by molar-refractivity contribution is -0.462. The lowest BCUT2D eigenvalue weighted by Gasteiger charge is -2.61. The number of Topliss-reactive ketones (excluding diaryl/α,β-unsaturated/α-hetero) is 1. The maximum absolute atomic E-state index is 14.2. The third kappa shape index (κ3) is 2.36. The van der Waals surface area contributed by atoms with Crippen LogP contribution in [0.2, 0.25) is 0 Å². The van der Waals surface area contributed by atoms with E-state index in [4.69, 9.17) is 28.4 Å². The van der Waals surface area contributed by atoms with E-state index in [1.165, 1.54) is 6.92 Å². The van der Waals surface area contributed by atoms with Crippen molar-refractivity contribution >= 4 is 17.7 Å². The fraction of sp³-hybridized carbons (Fsp3) is 0.897. The molecule has 7 saturated heterocycles. The monoisotopic (exact) mass is 576 g/mol. The fourth-order valence-corrected chi connectivity index (χ4v) is 11.6. The van der Waals surface area contributed by atoms with Gasteiger partial charge in [0.25, 0.3) is 0 Å². The van der Waals surface area contributed by atoms with E-state index in [9.17, 15) is 29.7 Å². The van der Waals surface area contributed by atoms with E-state index in [2.05, 4.69) is 0 Å². The number of carbonyl (C=O) groups excluding carboxylic acids is 3. The summed E-state index contributed by atoms with van der Waals surface area (Å²) in [5.41, 5.74) is -6.40. The molecule has 9 aliphatic rings. The van der Waals surface area contributed by atoms with E-state index in [1.807, 2.05) is 6.92 Å². The van der Waals surface area contributed by atoms with E-state index < -0.39 is 105 Å². The van der Waals surface area contributed by atoms with Crippen molar-refractivity contribution in [2.45, 2.75) is 118 Å². The molecule has 2 aliphatic carbocycles. The molecule has 16 atom stereocenters. The Hall–Kier alpha value is -1.67. The summed E-state index contributed by atoms with van der Waals surface area (Å²) in [6.07, 6.45) is -1.97. The molecule has 0 radical (unpaired) electrons. The van der Waals surface area contributed by atoms with Crippen LogP contribution in [0.15, 0.2) is 0 Å². The topological polar surface area (TPSA) is 167 Å². The Bertz CT molecular complexity index is 1330. The number of fused-ring (bicyclic) bond motifs is 4. The first-order chi connectivity index (χ1) is 19.1. The standard InChI is InChI=1S/C29H36O12/c1-11-18-19(36-21(11)32)17-20-24(3,22(33)25(17,4)34)15-8-26-9-27-12(23(2,10-30)37-14(27)7-16(31)39-27)5-6-13(26)28(35,38-15)29(20,40-18)41-26/h11-15,17-20,30,34-35H,5-10H2,1-4H3. The summed E-state index contributed by atoms with van der Waals surface area (Å²) in [5, 5.41) is 35.0. The van der Waals surface area contributed by atoms with Gasteiger partial charge in [-0.15, -0.1) is 0 Å². The molecule has 0 aromatic rings. The van der Waals surface area contributed by atoms with Gasteiger partial charge in [0.05, 0.1) is 41.7 Å². The lowest BCUT2D eigenvalue weighted by atomic mass is 9.55. The van der Waals surface area contributed by atoms with Gasteiger partial charge in [0.2, 0.25) is 11.6 Å². The molecule has 2 saturated carbocycles. The van der Waals surface area contributed by atoms with Gasteiger partial charge in [-0.05, 0) is 40.5 Å². The van der Waals surface area contributed by atoms with E-state index in [0.29, 0.717) is 12.8 Å². The molecule has 0 aromatic carbocycles. The molecule has 224 valence electrons. The van der Waals surface area contributed by atoms with Crippen LogP contribution >= 0.6 is 0 Å². The van der Waals surface area contributed by atoms with Crippen LogP contribution in [0.3, 0.4) is 0 Å². The second kappa shape index (κ2) is 6.85. The molecule has 3 N–H and O–H groups in total. The molecule has 12 heteroatoms. The number of ketones is 1. The molecule has 41 heavy (non-hydrogen) atoms. The van der Waals surface area contributed by atoms with Gasteiger partial charge in [-0.2, -0.15) is 0 Å². The van der Waals surface area contributed by atoms with Crippen LogP contribution in [0, 0.1) is 35.0 Å². The molecule has 12 nitrogen and oxygen atoms in total. The van der Waals surface area contributed by atoms with Crippen molar-refractivity contribution in [2.24, 2.45) is 35.0 Å². The van der Waals surface area contributed by atoms with Crippen LogP contribution < -0.4 is 0 Å². The Labute approximate surface area is 235 Å². The molecule has 7 heterocycles. The highest BCUT2D eigenvalue weighted by molar-refractivity contribution is 5.96. The van der Waals surface area contributed by atoms with Gasteiger partial charge in [0.1, 0.15) is 29.5 Å². The number of hydrogen-bond donors (Lipinski definition) is 3. The Balaban J connectivity index is 1.25. The fourth-order valence-electron chi connectivity index (χ4n) is 11.6. The van der Waals surface area contributed by atoms with Crippen molar-refractivity contribution in [3.63, 3.8) is 0 Å². The van der Waals surface area contributed by atoms with Crippen molar-refractivity contribution < 1.29 is 58.1 Å². The zero-order chi connectivity index (χ0) is 28.9. The summed E-state index contributed by atoms with van der Waals surface area (Å²) in [5.74, 6) is -8.72. The molecular weight excluding hydrogens is 540 g/mol. The van der Waals surface area contributed by atoms with Gasteiger partial charge in [-0.3, -0.25) is 14.4 Å². The molecule has 9 fully saturated rings. The molecular formula is C29H36O12. The number of rotatable bonds is 1. The van der Waals surface area contributed by atoms with Crippen molar-refractivity contribution in [3.8, 4) is 0 Å². The van der Waals surface area contributed by atoms with Gasteiger partial charge in [-0.25, -0.2) is 0 Å². The minimum atomic E-state index is -2.01. The zero-order valence-corrected chi connectivity index (χ0v) is 23.5. The van der Waals surface area contributed by atoms with Crippen LogP contribution in [0.1, 0.15) is 59.8 Å². The van der Waals surface area contributed by atoms with E-state index >= 15 is 0 Å². The minimum absolute atomic E-state index is 0.0448. The van der Waals surface area contributed by atoms with Gasteiger partial charge >= 0.3 is 11.9 Å². The minimum Gasteiger partial charge on any atom is -0.459 e. The number of carbonyl (C=O) groups is 3. The zero-order valence-electron chi connectivity index (χ0n) is 23.5. The van der Waals surface area contributed by atoms with Crippen molar-refractivity contribution in [3.05, 3.63) is 0 Å². The third-order valence-corrected chi connectivity index (χ3v) is 13.2. The Morgan fingerprint density at radius 1 is 0.951 bits per heavy atom. The Kier molecular flexibility index (Phi) is 4.31. The quantitative estimate of drug-likeness (QED) is 0.350. The van der Waals surface area contributed by atoms with Crippen molar-refractivity contribution in [2.75, 3.05) is 6.61 Å². The van der Waals surface area contributed by atoms with Gasteiger partial charge in [0, 0.05) is 36.5 Å². The molecule has 3 bridgehead atoms. The van der Waals surface area contributed by atoms with Crippen molar-refractivity contribution in [1.29, 1.82) is 0 Å². The Morgan fingerprint density at radius 2 is 1.68 bits per heavy atom. The predicted molar refractivity (Wildman–Crippen MR) is 130 cm³/mol. The van der Waals surface area contributed by atoms with E-state index in [1.54, 1.807) is 13.8 Å². The van der Waals surface area contributed by atoms with Gasteiger partial charge in [-0.1, -0.05) is 0 Å². The second-order valence-corrected chi connectivity index (χ2v) is 14.9. The van der Waals surface area contributed by atoms with Crippen molar-refractivity contribution in [1.82, 2.24) is 0 Å². The molecule has 7 aliphatic heterocycles. The third-order valence-electron chi connectivity index (χ3n) is 13.2. The molecule has 0 aromatic heterocycles. The first kappa shape index (κ1) is 25.8. The number of aliphatic hydroxyl groups is 3. The number of esters is 2. The number of aliphatic hydroxyl groups excluding tert-OH is 1. The highest BCUT2D eigenvalue weighted by Crippen LogP contribution is 2.78.